The summed E-state index contributed by atoms with van der Waals surface area (Å²) in [5, 5.41) is 22.4. The first kappa shape index (κ1) is 16.4. The minimum atomic E-state index is 0.300. The van der Waals surface area contributed by atoms with Gasteiger partial charge in [-0.05, 0) is 25.0 Å². The van der Waals surface area contributed by atoms with Crippen LogP contribution in [0.4, 0.5) is 5.82 Å². The van der Waals surface area contributed by atoms with E-state index in [9.17, 15) is 5.26 Å². The van der Waals surface area contributed by atoms with Crippen molar-refractivity contribution in [2.45, 2.75) is 19.8 Å². The van der Waals surface area contributed by atoms with Crippen LogP contribution in [0.3, 0.4) is 0 Å². The predicted molar refractivity (Wildman–Crippen MR) is 89.7 cm³/mol. The molecule has 1 fully saturated rings. The second-order valence-electron chi connectivity index (χ2n) is 6.40. The molecule has 126 valence electrons. The van der Waals surface area contributed by atoms with E-state index < -0.39 is 0 Å². The van der Waals surface area contributed by atoms with Crippen molar-refractivity contribution in [2.75, 3.05) is 31.7 Å². The molecule has 1 saturated heterocycles. The molecule has 0 spiro atoms. The van der Waals surface area contributed by atoms with Crippen molar-refractivity contribution in [2.24, 2.45) is 13.0 Å². The average Bonchev–Trinajstić information content (AvgIpc) is 3.16. The van der Waals surface area contributed by atoms with Gasteiger partial charge in [-0.1, -0.05) is 0 Å². The van der Waals surface area contributed by atoms with Crippen LogP contribution in [0.5, 0.6) is 0 Å². The first-order chi connectivity index (χ1) is 11.5. The van der Waals surface area contributed by atoms with Crippen molar-refractivity contribution in [3.8, 4) is 6.07 Å². The van der Waals surface area contributed by atoms with E-state index >= 15 is 0 Å². The number of ether oxygens (including phenoxy) is 1. The summed E-state index contributed by atoms with van der Waals surface area (Å²) in [5.41, 5.74) is 3.50. The van der Waals surface area contributed by atoms with Gasteiger partial charge in [0.25, 0.3) is 0 Å². The molecule has 0 amide bonds. The second kappa shape index (κ2) is 6.57. The smallest absolute Gasteiger partial charge is 0.169 e. The van der Waals surface area contributed by atoms with Crippen LogP contribution in [0.1, 0.15) is 28.3 Å². The second-order valence-corrected chi connectivity index (χ2v) is 6.40. The third kappa shape index (κ3) is 2.85. The molecule has 0 N–H and O–H groups in total. The molecular weight excluding hydrogens is 304 g/mol. The molecule has 0 aromatic carbocycles. The molecule has 7 heteroatoms. The third-order valence-electron chi connectivity index (χ3n) is 4.82. The number of methoxy groups -OCH3 is 1. The number of nitrogens with zero attached hydrogens (tertiary/aromatic N) is 6. The van der Waals surface area contributed by atoms with Crippen molar-refractivity contribution in [3.63, 3.8) is 0 Å². The monoisotopic (exact) mass is 326 g/mol. The summed E-state index contributed by atoms with van der Waals surface area (Å²) in [6, 6.07) is 2.30. The lowest BCUT2D eigenvalue weighted by Crippen LogP contribution is -2.24. The van der Waals surface area contributed by atoms with Gasteiger partial charge >= 0.3 is 0 Å². The van der Waals surface area contributed by atoms with Crippen LogP contribution in [0.15, 0.2) is 12.4 Å². The van der Waals surface area contributed by atoms with Crippen LogP contribution in [0, 0.1) is 31.1 Å². The molecule has 3 heterocycles. The molecule has 2 atom stereocenters. The Hall–Kier alpha value is -2.46. The number of hydrogen-bond donors (Lipinski definition) is 0. The summed E-state index contributed by atoms with van der Waals surface area (Å²) in [7, 11) is 3.64. The fraction of sp³-hybridized carbons (Fsp3) is 0.529. The van der Waals surface area contributed by atoms with Crippen molar-refractivity contribution in [3.05, 3.63) is 34.8 Å². The van der Waals surface area contributed by atoms with Gasteiger partial charge in [-0.3, -0.25) is 4.68 Å². The number of aryl methyl sites for hydroxylation is 2. The summed E-state index contributed by atoms with van der Waals surface area (Å²) in [4.78, 5) is 2.15. The minimum Gasteiger partial charge on any atom is -0.384 e. The van der Waals surface area contributed by atoms with E-state index in [4.69, 9.17) is 4.74 Å². The standard InChI is InChI=1S/C17H22N6O/c1-11-12(2)20-21-17(15(11)5-18)23-8-14(10-24-4)16(9-23)13-6-19-22(3)7-13/h6-7,14,16H,8-10H2,1-4H3/t14-,16-/m0/s1. The molecule has 0 saturated carbocycles. The first-order valence-corrected chi connectivity index (χ1v) is 8.01. The molecule has 0 radical (unpaired) electrons. The zero-order valence-corrected chi connectivity index (χ0v) is 14.5. The molecule has 0 unspecified atom stereocenters. The summed E-state index contributed by atoms with van der Waals surface area (Å²) in [6.45, 7) is 6.04. The number of hydrogen-bond acceptors (Lipinski definition) is 6. The number of anilines is 1. The highest BCUT2D eigenvalue weighted by Gasteiger charge is 2.36. The van der Waals surface area contributed by atoms with Crippen LogP contribution in [-0.4, -0.2) is 46.8 Å². The Labute approximate surface area is 141 Å². The van der Waals surface area contributed by atoms with Crippen LogP contribution >= 0.6 is 0 Å². The summed E-state index contributed by atoms with van der Waals surface area (Å²) < 4.78 is 7.23. The van der Waals surface area contributed by atoms with Crippen molar-refractivity contribution in [1.29, 1.82) is 5.26 Å². The maximum absolute atomic E-state index is 9.56. The summed E-state index contributed by atoms with van der Waals surface area (Å²) in [6.07, 6.45) is 3.96. The Balaban J connectivity index is 1.94. The zero-order valence-electron chi connectivity index (χ0n) is 14.5. The van der Waals surface area contributed by atoms with E-state index in [-0.39, 0.29) is 0 Å². The van der Waals surface area contributed by atoms with Gasteiger partial charge in [-0.25, -0.2) is 0 Å². The van der Waals surface area contributed by atoms with E-state index in [1.807, 2.05) is 38.0 Å². The Morgan fingerprint density at radius 2 is 2.12 bits per heavy atom. The highest BCUT2D eigenvalue weighted by Crippen LogP contribution is 2.36. The predicted octanol–water partition coefficient (Wildman–Crippen LogP) is 1.57. The maximum Gasteiger partial charge on any atom is 0.169 e. The first-order valence-electron chi connectivity index (χ1n) is 8.01. The lowest BCUT2D eigenvalue weighted by atomic mass is 9.92. The summed E-state index contributed by atoms with van der Waals surface area (Å²) >= 11 is 0. The van der Waals surface area contributed by atoms with Gasteiger partial charge in [-0.15, -0.1) is 5.10 Å². The number of nitriles is 1. The Bertz CT molecular complexity index is 778. The maximum atomic E-state index is 9.56. The van der Waals surface area contributed by atoms with E-state index in [1.165, 1.54) is 5.56 Å². The highest BCUT2D eigenvalue weighted by molar-refractivity contribution is 5.58. The lowest BCUT2D eigenvalue weighted by molar-refractivity contribution is 0.153. The van der Waals surface area contributed by atoms with Gasteiger partial charge in [0, 0.05) is 45.3 Å². The molecule has 24 heavy (non-hydrogen) atoms. The summed E-state index contributed by atoms with van der Waals surface area (Å²) in [5.74, 6) is 1.30. The third-order valence-corrected chi connectivity index (χ3v) is 4.82. The van der Waals surface area contributed by atoms with E-state index in [2.05, 4.69) is 26.3 Å². The Kier molecular flexibility index (Phi) is 4.49. The molecule has 1 aliphatic rings. The van der Waals surface area contributed by atoms with Gasteiger partial charge < -0.3 is 9.64 Å². The molecule has 0 bridgehead atoms. The van der Waals surface area contributed by atoms with Gasteiger partial charge in [0.1, 0.15) is 11.6 Å². The topological polar surface area (TPSA) is 79.9 Å². The normalized spacial score (nSPS) is 20.4. The molecule has 3 rings (SSSR count). The quantitative estimate of drug-likeness (QED) is 0.848. The molecular formula is C17H22N6O. The van der Waals surface area contributed by atoms with Gasteiger partial charge in [0.2, 0.25) is 0 Å². The lowest BCUT2D eigenvalue weighted by Gasteiger charge is -2.19. The van der Waals surface area contributed by atoms with Gasteiger partial charge in [-0.2, -0.15) is 15.5 Å². The number of rotatable bonds is 4. The van der Waals surface area contributed by atoms with Crippen molar-refractivity contribution >= 4 is 5.82 Å². The molecule has 2 aromatic heterocycles. The van der Waals surface area contributed by atoms with Crippen LogP contribution in [0.2, 0.25) is 0 Å². The molecule has 0 aliphatic carbocycles. The average molecular weight is 326 g/mol. The largest absolute Gasteiger partial charge is 0.384 e. The fourth-order valence-electron chi connectivity index (χ4n) is 3.39. The van der Waals surface area contributed by atoms with Gasteiger partial charge in [0.05, 0.1) is 18.5 Å². The molecule has 7 nitrogen and oxygen atoms in total. The van der Waals surface area contributed by atoms with Crippen LogP contribution in [-0.2, 0) is 11.8 Å². The Morgan fingerprint density at radius 1 is 1.33 bits per heavy atom. The molecule has 2 aromatic rings. The highest BCUT2D eigenvalue weighted by atomic mass is 16.5. The number of aromatic nitrogens is 4. The van der Waals surface area contributed by atoms with E-state index in [0.717, 1.165) is 24.3 Å². The SMILES string of the molecule is COC[C@@H]1CN(c2nnc(C)c(C)c2C#N)C[C@H]1c1cnn(C)c1. The molecule has 1 aliphatic heterocycles. The van der Waals surface area contributed by atoms with Crippen molar-refractivity contribution < 1.29 is 4.74 Å². The Morgan fingerprint density at radius 3 is 2.75 bits per heavy atom. The van der Waals surface area contributed by atoms with Gasteiger partial charge in [0.15, 0.2) is 5.82 Å². The van der Waals surface area contributed by atoms with Crippen LogP contribution in [0.25, 0.3) is 0 Å². The zero-order chi connectivity index (χ0) is 17.3. The van der Waals surface area contributed by atoms with E-state index in [1.54, 1.807) is 7.11 Å². The van der Waals surface area contributed by atoms with E-state index in [0.29, 0.717) is 29.8 Å². The fourth-order valence-corrected chi connectivity index (χ4v) is 3.39. The van der Waals surface area contributed by atoms with Crippen LogP contribution < -0.4 is 4.90 Å². The van der Waals surface area contributed by atoms with Crippen molar-refractivity contribution in [1.82, 2.24) is 20.0 Å². The minimum absolute atomic E-state index is 0.300.